The van der Waals surface area contributed by atoms with E-state index in [1.165, 1.54) is 24.3 Å². The smallest absolute Gasteiger partial charge is 0.168 e. The summed E-state index contributed by atoms with van der Waals surface area (Å²) in [5, 5.41) is 1.41. The summed E-state index contributed by atoms with van der Waals surface area (Å²) in [6, 6.07) is 9.21. The zero-order valence-electron chi connectivity index (χ0n) is 7.99. The molecule has 0 aliphatic heterocycles. The molecule has 0 unspecified atom stereocenters. The number of hydrogen-bond donors (Lipinski definition) is 2. The van der Waals surface area contributed by atoms with Crippen LogP contribution in [0.3, 0.4) is 0 Å². The standard InChI is InChI=1S/C10H8O4S2/c11-15(12)9-3-1-7-2-4-10(16(13)14)6-8(7)5-9/h1-6,15-16H. The Balaban J connectivity index is 2.74. The Morgan fingerprint density at radius 1 is 0.625 bits per heavy atom. The minimum atomic E-state index is -2.64. The van der Waals surface area contributed by atoms with E-state index < -0.39 is 21.4 Å². The van der Waals surface area contributed by atoms with Crippen molar-refractivity contribution in [3.8, 4) is 0 Å². The van der Waals surface area contributed by atoms with Crippen molar-refractivity contribution in [1.29, 1.82) is 0 Å². The lowest BCUT2D eigenvalue weighted by Crippen LogP contribution is -1.84. The normalized spacial score (nSPS) is 11.4. The van der Waals surface area contributed by atoms with Crippen molar-refractivity contribution in [3.63, 3.8) is 0 Å². The number of benzene rings is 2. The van der Waals surface area contributed by atoms with Crippen molar-refractivity contribution in [2.24, 2.45) is 0 Å². The molecule has 0 aliphatic carbocycles. The van der Waals surface area contributed by atoms with E-state index in [0.717, 1.165) is 5.39 Å². The number of rotatable bonds is 2. The second-order valence-electron chi connectivity index (χ2n) is 3.23. The molecule has 4 nitrogen and oxygen atoms in total. The van der Waals surface area contributed by atoms with E-state index in [0.29, 0.717) is 5.39 Å². The molecule has 2 aromatic rings. The van der Waals surface area contributed by atoms with Crippen molar-refractivity contribution >= 4 is 32.2 Å². The Morgan fingerprint density at radius 2 is 1.06 bits per heavy atom. The van der Waals surface area contributed by atoms with Gasteiger partial charge in [-0.2, -0.15) is 0 Å². The zero-order chi connectivity index (χ0) is 11.7. The van der Waals surface area contributed by atoms with Crippen LogP contribution in [0.25, 0.3) is 10.8 Å². The van der Waals surface area contributed by atoms with E-state index in [9.17, 15) is 16.8 Å². The summed E-state index contributed by atoms with van der Waals surface area (Å²) in [4.78, 5) is 0.363. The summed E-state index contributed by atoms with van der Waals surface area (Å²) in [7, 11) is -5.29. The third-order valence-corrected chi connectivity index (χ3v) is 3.63. The van der Waals surface area contributed by atoms with Crippen molar-refractivity contribution < 1.29 is 16.8 Å². The van der Waals surface area contributed by atoms with E-state index in [1.807, 2.05) is 0 Å². The topological polar surface area (TPSA) is 68.3 Å². The van der Waals surface area contributed by atoms with E-state index in [-0.39, 0.29) is 9.79 Å². The molecule has 0 bridgehead atoms. The lowest BCUT2D eigenvalue weighted by atomic mass is 10.1. The van der Waals surface area contributed by atoms with E-state index in [4.69, 9.17) is 0 Å². The van der Waals surface area contributed by atoms with Crippen molar-refractivity contribution in [1.82, 2.24) is 0 Å². The molecule has 0 saturated carbocycles. The van der Waals surface area contributed by atoms with Gasteiger partial charge in [-0.1, -0.05) is 12.1 Å². The monoisotopic (exact) mass is 256 g/mol. The second kappa shape index (κ2) is 4.23. The summed E-state index contributed by atoms with van der Waals surface area (Å²) >= 11 is 0. The Bertz CT molecular complexity index is 626. The van der Waals surface area contributed by atoms with Crippen molar-refractivity contribution in [2.45, 2.75) is 9.79 Å². The highest BCUT2D eigenvalue weighted by Crippen LogP contribution is 2.19. The van der Waals surface area contributed by atoms with Crippen LogP contribution in [0, 0.1) is 0 Å². The molecule has 2 aromatic carbocycles. The molecule has 0 amide bonds. The predicted octanol–water partition coefficient (Wildman–Crippen LogP) is 0.780. The largest absolute Gasteiger partial charge is 0.227 e. The SMILES string of the molecule is O=[SH](=O)c1ccc2ccc([SH](=O)=O)cc2c1. The molecule has 0 saturated heterocycles. The fourth-order valence-corrected chi connectivity index (χ4v) is 2.33. The van der Waals surface area contributed by atoms with Gasteiger partial charge in [0.1, 0.15) is 0 Å². The molecule has 16 heavy (non-hydrogen) atoms. The first-order chi connectivity index (χ1) is 7.58. The highest BCUT2D eigenvalue weighted by Gasteiger charge is 2.01. The van der Waals surface area contributed by atoms with Gasteiger partial charge in [0.2, 0.25) is 0 Å². The van der Waals surface area contributed by atoms with Gasteiger partial charge in [-0.05, 0) is 35.0 Å². The van der Waals surface area contributed by atoms with E-state index in [2.05, 4.69) is 0 Å². The molecule has 0 N–H and O–H groups in total. The van der Waals surface area contributed by atoms with Gasteiger partial charge >= 0.3 is 0 Å². The van der Waals surface area contributed by atoms with Crippen LogP contribution in [0.2, 0.25) is 0 Å². The van der Waals surface area contributed by atoms with Gasteiger partial charge in [-0.15, -0.1) is 0 Å². The average molecular weight is 256 g/mol. The highest BCUT2D eigenvalue weighted by molar-refractivity contribution is 7.72. The maximum Gasteiger partial charge on any atom is 0.168 e. The van der Waals surface area contributed by atoms with Crippen molar-refractivity contribution in [2.75, 3.05) is 0 Å². The molecule has 0 aliphatic rings. The molecule has 0 spiro atoms. The molecule has 0 atom stereocenters. The molecule has 0 fully saturated rings. The third-order valence-electron chi connectivity index (χ3n) is 2.23. The maximum atomic E-state index is 10.8. The fourth-order valence-electron chi connectivity index (χ4n) is 1.45. The summed E-state index contributed by atoms with van der Waals surface area (Å²) in [6.45, 7) is 0. The number of hydrogen-bond acceptors (Lipinski definition) is 4. The number of thiol groups is 2. The number of fused-ring (bicyclic) bond motifs is 1. The molecular weight excluding hydrogens is 248 g/mol. The Morgan fingerprint density at radius 3 is 1.44 bits per heavy atom. The summed E-state index contributed by atoms with van der Waals surface area (Å²) < 4.78 is 43.1. The minimum absolute atomic E-state index is 0.181. The molecule has 0 radical (unpaired) electrons. The Labute approximate surface area is 95.4 Å². The highest BCUT2D eigenvalue weighted by atomic mass is 32.2. The summed E-state index contributed by atoms with van der Waals surface area (Å²) in [6.07, 6.45) is 0. The Kier molecular flexibility index (Phi) is 2.93. The first-order valence-electron chi connectivity index (χ1n) is 4.40. The van der Waals surface area contributed by atoms with Gasteiger partial charge in [0.15, 0.2) is 21.4 Å². The van der Waals surface area contributed by atoms with Crippen LogP contribution >= 0.6 is 0 Å². The third kappa shape index (κ3) is 2.07. The first-order valence-corrected chi connectivity index (χ1v) is 6.76. The van der Waals surface area contributed by atoms with Gasteiger partial charge in [0.05, 0.1) is 9.79 Å². The van der Waals surface area contributed by atoms with Crippen LogP contribution in [0.1, 0.15) is 0 Å². The summed E-state index contributed by atoms with van der Waals surface area (Å²) in [5.41, 5.74) is 0. The van der Waals surface area contributed by atoms with Crippen LogP contribution in [-0.2, 0) is 21.4 Å². The molecule has 2 rings (SSSR count). The van der Waals surface area contributed by atoms with Crippen LogP contribution in [0.4, 0.5) is 0 Å². The molecule has 0 aromatic heterocycles. The predicted molar refractivity (Wildman–Crippen MR) is 61.1 cm³/mol. The first kappa shape index (κ1) is 11.1. The van der Waals surface area contributed by atoms with E-state index in [1.54, 1.807) is 12.1 Å². The maximum absolute atomic E-state index is 10.8. The van der Waals surface area contributed by atoms with Crippen molar-refractivity contribution in [3.05, 3.63) is 36.4 Å². The van der Waals surface area contributed by atoms with Gasteiger partial charge in [0, 0.05) is 0 Å². The van der Waals surface area contributed by atoms with Gasteiger partial charge in [-0.25, -0.2) is 16.8 Å². The molecule has 84 valence electrons. The molecular formula is C10H8O4S2. The zero-order valence-corrected chi connectivity index (χ0v) is 9.78. The minimum Gasteiger partial charge on any atom is -0.227 e. The van der Waals surface area contributed by atoms with Gasteiger partial charge in [-0.3, -0.25) is 0 Å². The molecule has 0 heterocycles. The van der Waals surface area contributed by atoms with Crippen LogP contribution < -0.4 is 0 Å². The second-order valence-corrected chi connectivity index (χ2v) is 5.29. The van der Waals surface area contributed by atoms with Crippen LogP contribution in [-0.4, -0.2) is 16.8 Å². The molecule has 6 heteroatoms. The fraction of sp³-hybridized carbons (Fsp3) is 0. The Hall–Kier alpha value is -1.40. The van der Waals surface area contributed by atoms with E-state index >= 15 is 0 Å². The average Bonchev–Trinajstić information content (AvgIpc) is 2.27. The lowest BCUT2D eigenvalue weighted by Gasteiger charge is -1.99. The van der Waals surface area contributed by atoms with Crippen LogP contribution in [0.5, 0.6) is 0 Å². The quantitative estimate of drug-likeness (QED) is 0.779. The summed E-state index contributed by atoms with van der Waals surface area (Å²) in [5.74, 6) is 0. The van der Waals surface area contributed by atoms with Gasteiger partial charge in [0.25, 0.3) is 0 Å². The lowest BCUT2D eigenvalue weighted by molar-refractivity contribution is 0.613. The van der Waals surface area contributed by atoms with Crippen LogP contribution in [0.15, 0.2) is 46.2 Å². The van der Waals surface area contributed by atoms with Gasteiger partial charge < -0.3 is 0 Å².